The summed E-state index contributed by atoms with van der Waals surface area (Å²) in [5, 5.41) is 17.3. The highest BCUT2D eigenvalue weighted by atomic mass is 32.1. The van der Waals surface area contributed by atoms with E-state index >= 15 is 0 Å². The van der Waals surface area contributed by atoms with Crippen molar-refractivity contribution in [3.05, 3.63) is 0 Å². The maximum atomic E-state index is 11.3. The van der Waals surface area contributed by atoms with E-state index in [1.54, 1.807) is 0 Å². The Bertz CT molecular complexity index is 304. The van der Waals surface area contributed by atoms with Gasteiger partial charge in [-0.3, -0.25) is 4.79 Å². The van der Waals surface area contributed by atoms with Crippen molar-refractivity contribution < 1.29 is 34.1 Å². The van der Waals surface area contributed by atoms with Crippen LogP contribution in [0.25, 0.3) is 0 Å². The molecule has 0 saturated heterocycles. The third kappa shape index (κ3) is 5.66. The zero-order valence-corrected chi connectivity index (χ0v) is 10.2. The molecule has 0 aromatic rings. The van der Waals surface area contributed by atoms with Crippen LogP contribution in [0.1, 0.15) is 13.3 Å². The molecule has 3 atom stereocenters. The van der Waals surface area contributed by atoms with Crippen molar-refractivity contribution in [1.82, 2.24) is 0 Å². The Morgan fingerprint density at radius 3 is 2.24 bits per heavy atom. The Morgan fingerprint density at radius 2 is 1.88 bits per heavy atom. The summed E-state index contributed by atoms with van der Waals surface area (Å²) in [7, 11) is 1.27. The van der Waals surface area contributed by atoms with E-state index in [1.165, 1.54) is 14.0 Å². The van der Waals surface area contributed by atoms with Crippen LogP contribution in [-0.2, 0) is 23.9 Å². The van der Waals surface area contributed by atoms with Gasteiger partial charge in [0, 0.05) is 7.11 Å². The van der Waals surface area contributed by atoms with E-state index in [4.69, 9.17) is 5.11 Å². The molecule has 7 nitrogen and oxygen atoms in total. The van der Waals surface area contributed by atoms with E-state index in [1.807, 2.05) is 0 Å². The van der Waals surface area contributed by atoms with Gasteiger partial charge < -0.3 is 19.7 Å². The standard InChI is InChI=1S/C9H14O7S/c1-4(15-2)7(11)9(14)16-5(8(12)13)3-6(10)17/h4-5,7,11H,3H2,1-2H3,(H,10,17)(H,12,13). The van der Waals surface area contributed by atoms with Gasteiger partial charge in [0.15, 0.2) is 11.2 Å². The number of esters is 1. The molecule has 0 radical (unpaired) electrons. The fourth-order valence-corrected chi connectivity index (χ4v) is 1.03. The third-order valence-corrected chi connectivity index (χ3v) is 2.13. The Hall–Kier alpha value is -1.12. The van der Waals surface area contributed by atoms with Crippen LogP contribution in [0.4, 0.5) is 0 Å². The molecule has 0 rings (SSSR count). The van der Waals surface area contributed by atoms with Gasteiger partial charge in [0.25, 0.3) is 0 Å². The van der Waals surface area contributed by atoms with E-state index in [0.29, 0.717) is 0 Å². The molecule has 0 spiro atoms. The highest BCUT2D eigenvalue weighted by molar-refractivity contribution is 7.96. The minimum atomic E-state index is -1.66. The van der Waals surface area contributed by atoms with Crippen molar-refractivity contribution in [3.63, 3.8) is 0 Å². The normalized spacial score (nSPS) is 15.8. The number of aliphatic carboxylic acids is 1. The molecule has 2 N–H and O–H groups in total. The minimum Gasteiger partial charge on any atom is -0.478 e. The summed E-state index contributed by atoms with van der Waals surface area (Å²) in [6, 6.07) is 0. The second-order valence-electron chi connectivity index (χ2n) is 3.25. The number of carbonyl (C=O) groups excluding carboxylic acids is 2. The Balaban J connectivity index is 4.50. The molecule has 0 aromatic carbocycles. The van der Waals surface area contributed by atoms with Crippen LogP contribution in [0.2, 0.25) is 0 Å². The van der Waals surface area contributed by atoms with E-state index < -0.39 is 41.8 Å². The van der Waals surface area contributed by atoms with Gasteiger partial charge in [-0.25, -0.2) is 9.59 Å². The topological polar surface area (TPSA) is 110 Å². The zero-order chi connectivity index (χ0) is 13.6. The summed E-state index contributed by atoms with van der Waals surface area (Å²) in [6.07, 6.45) is -4.69. The molecule has 0 aliphatic carbocycles. The summed E-state index contributed by atoms with van der Waals surface area (Å²) in [4.78, 5) is 32.6. The van der Waals surface area contributed by atoms with Crippen molar-refractivity contribution in [2.75, 3.05) is 7.11 Å². The molecule has 0 aromatic heterocycles. The van der Waals surface area contributed by atoms with Gasteiger partial charge in [0.1, 0.15) is 0 Å². The number of aliphatic hydroxyl groups is 1. The molecule has 0 saturated carbocycles. The Kier molecular flexibility index (Phi) is 6.78. The average molecular weight is 266 g/mol. The fourth-order valence-electron chi connectivity index (χ4n) is 0.868. The second kappa shape index (κ2) is 7.25. The quantitative estimate of drug-likeness (QED) is 0.409. The molecule has 0 fully saturated rings. The molecule has 8 heteroatoms. The number of carbonyl (C=O) groups is 3. The van der Waals surface area contributed by atoms with Crippen LogP contribution in [0.5, 0.6) is 0 Å². The van der Waals surface area contributed by atoms with Crippen molar-refractivity contribution in [2.24, 2.45) is 0 Å². The first-order valence-electron chi connectivity index (χ1n) is 4.65. The van der Waals surface area contributed by atoms with Crippen LogP contribution in [0, 0.1) is 0 Å². The number of hydrogen-bond donors (Lipinski definition) is 3. The van der Waals surface area contributed by atoms with Crippen LogP contribution < -0.4 is 0 Å². The third-order valence-electron chi connectivity index (χ3n) is 1.95. The summed E-state index contributed by atoms with van der Waals surface area (Å²) >= 11 is 3.38. The van der Waals surface area contributed by atoms with Gasteiger partial charge in [0.2, 0.25) is 6.10 Å². The first-order valence-corrected chi connectivity index (χ1v) is 5.10. The molecular formula is C9H14O7S. The molecule has 0 aliphatic rings. The maximum Gasteiger partial charge on any atom is 0.345 e. The van der Waals surface area contributed by atoms with Crippen LogP contribution >= 0.6 is 12.6 Å². The highest BCUT2D eigenvalue weighted by Gasteiger charge is 2.30. The van der Waals surface area contributed by atoms with Crippen LogP contribution in [0.3, 0.4) is 0 Å². The number of aliphatic hydroxyl groups excluding tert-OH is 1. The molecule has 98 valence electrons. The van der Waals surface area contributed by atoms with Crippen LogP contribution in [0.15, 0.2) is 0 Å². The average Bonchev–Trinajstić information content (AvgIpc) is 2.25. The molecule has 0 bridgehead atoms. The summed E-state index contributed by atoms with van der Waals surface area (Å²) in [5.74, 6) is -2.65. The number of rotatable bonds is 7. The SMILES string of the molecule is COC(C)C(O)C(=O)OC(CC(=O)S)C(=O)O. The fraction of sp³-hybridized carbons (Fsp3) is 0.667. The summed E-state index contributed by atoms with van der Waals surface area (Å²) in [6.45, 7) is 1.41. The molecule has 0 amide bonds. The Labute approximate surface area is 103 Å². The van der Waals surface area contributed by atoms with Gasteiger partial charge in [-0.2, -0.15) is 0 Å². The maximum absolute atomic E-state index is 11.3. The predicted molar refractivity (Wildman–Crippen MR) is 58.6 cm³/mol. The lowest BCUT2D eigenvalue weighted by atomic mass is 10.2. The Morgan fingerprint density at radius 1 is 1.35 bits per heavy atom. The molecule has 0 aliphatic heterocycles. The lowest BCUT2D eigenvalue weighted by Gasteiger charge is -2.18. The highest BCUT2D eigenvalue weighted by Crippen LogP contribution is 2.07. The molecule has 17 heavy (non-hydrogen) atoms. The van der Waals surface area contributed by atoms with Crippen LogP contribution in [-0.4, -0.2) is 52.7 Å². The number of ether oxygens (including phenoxy) is 2. The van der Waals surface area contributed by atoms with Crippen molar-refractivity contribution in [3.8, 4) is 0 Å². The first-order chi connectivity index (χ1) is 7.79. The number of hydrogen-bond acceptors (Lipinski definition) is 6. The molecule has 0 heterocycles. The number of thiol groups is 1. The minimum absolute atomic E-state index is 0.571. The van der Waals surface area contributed by atoms with Crippen molar-refractivity contribution >= 4 is 29.7 Å². The van der Waals surface area contributed by atoms with E-state index in [0.717, 1.165) is 0 Å². The number of carboxylic acid groups (broad SMARTS) is 1. The lowest BCUT2D eigenvalue weighted by molar-refractivity contribution is -0.175. The van der Waals surface area contributed by atoms with Crippen molar-refractivity contribution in [2.45, 2.75) is 31.7 Å². The molecular weight excluding hydrogens is 252 g/mol. The van der Waals surface area contributed by atoms with Gasteiger partial charge in [-0.05, 0) is 6.92 Å². The van der Waals surface area contributed by atoms with E-state index in [9.17, 15) is 19.5 Å². The van der Waals surface area contributed by atoms with Gasteiger partial charge in [0.05, 0.1) is 12.5 Å². The second-order valence-corrected chi connectivity index (χ2v) is 3.75. The molecule has 3 unspecified atom stereocenters. The predicted octanol–water partition coefficient (Wildman–Crippen LogP) is -0.775. The van der Waals surface area contributed by atoms with E-state index in [-0.39, 0.29) is 0 Å². The van der Waals surface area contributed by atoms with Gasteiger partial charge >= 0.3 is 11.9 Å². The zero-order valence-electron chi connectivity index (χ0n) is 9.32. The largest absolute Gasteiger partial charge is 0.478 e. The van der Waals surface area contributed by atoms with Crippen molar-refractivity contribution in [1.29, 1.82) is 0 Å². The summed E-state index contributed by atoms with van der Waals surface area (Å²) < 4.78 is 9.15. The van der Waals surface area contributed by atoms with Gasteiger partial charge in [-0.15, -0.1) is 12.6 Å². The van der Waals surface area contributed by atoms with E-state index in [2.05, 4.69) is 22.1 Å². The smallest absolute Gasteiger partial charge is 0.345 e. The summed E-state index contributed by atoms with van der Waals surface area (Å²) in [5.41, 5.74) is 0. The number of methoxy groups -OCH3 is 1. The number of carboxylic acids is 1. The monoisotopic (exact) mass is 266 g/mol. The lowest BCUT2D eigenvalue weighted by Crippen LogP contribution is -2.39. The first kappa shape index (κ1) is 15.9. The van der Waals surface area contributed by atoms with Gasteiger partial charge in [-0.1, -0.05) is 0 Å².